The minimum Gasteiger partial charge on any atom is -0.477 e. The van der Waals surface area contributed by atoms with Gasteiger partial charge in [0.2, 0.25) is 5.16 Å². The molecule has 0 bridgehead atoms. The van der Waals surface area contributed by atoms with Gasteiger partial charge in [-0.1, -0.05) is 24.3 Å². The van der Waals surface area contributed by atoms with Crippen LogP contribution in [0.3, 0.4) is 0 Å². The number of thiazole rings is 1. The van der Waals surface area contributed by atoms with Crippen LogP contribution < -0.4 is 0 Å². The molecule has 0 aliphatic rings. The lowest BCUT2D eigenvalue weighted by atomic mass is 10.3. The summed E-state index contributed by atoms with van der Waals surface area (Å²) in [5.41, 5.74) is 0.938. The van der Waals surface area contributed by atoms with Gasteiger partial charge in [-0.15, -0.1) is 32.9 Å². The average molecular weight is 386 g/mol. The topological polar surface area (TPSA) is 80.9 Å². The summed E-state index contributed by atoms with van der Waals surface area (Å²) in [5.74, 6) is -0.230. The van der Waals surface area contributed by atoms with Gasteiger partial charge in [-0.3, -0.25) is 4.57 Å². The fourth-order valence-electron chi connectivity index (χ4n) is 2.19. The normalized spacial score (nSPS) is 10.9. The van der Waals surface area contributed by atoms with Gasteiger partial charge in [0.05, 0.1) is 11.1 Å². The third kappa shape index (κ3) is 3.21. The minimum atomic E-state index is -0.979. The Morgan fingerprint density at radius 3 is 2.64 bits per heavy atom. The van der Waals surface area contributed by atoms with E-state index >= 15 is 0 Å². The van der Waals surface area contributed by atoms with Crippen LogP contribution >= 0.6 is 34.4 Å². The smallest absolute Gasteiger partial charge is 0.347 e. The molecule has 25 heavy (non-hydrogen) atoms. The van der Waals surface area contributed by atoms with Gasteiger partial charge in [-0.25, -0.2) is 9.78 Å². The Labute approximate surface area is 154 Å². The van der Waals surface area contributed by atoms with Crippen molar-refractivity contribution in [1.29, 1.82) is 0 Å². The summed E-state index contributed by atoms with van der Waals surface area (Å²) in [4.78, 5) is 16.4. The summed E-state index contributed by atoms with van der Waals surface area (Å²) < 4.78 is 2.57. The number of carboxylic acids is 1. The molecule has 0 radical (unpaired) electrons. The first-order chi connectivity index (χ1) is 12.2. The first-order valence-electron chi connectivity index (χ1n) is 7.14. The van der Waals surface area contributed by atoms with E-state index in [0.717, 1.165) is 27.7 Å². The Morgan fingerprint density at radius 2 is 1.96 bits per heavy atom. The molecule has 0 saturated carbocycles. The summed E-state index contributed by atoms with van der Waals surface area (Å²) in [6.07, 6.45) is 1.36. The number of carboxylic acid groups (broad SMARTS) is 1. The Kier molecular flexibility index (Phi) is 4.35. The highest BCUT2D eigenvalue weighted by atomic mass is 32.2. The monoisotopic (exact) mass is 386 g/mol. The standard InChI is InChI=1S/C16H10N4O2S3/c21-14(22)12-9-17-16(24-12)25-15-19-18-13(11-7-4-8-23-11)20(15)10-5-2-1-3-6-10/h1-9H,(H,21,22). The molecule has 3 aromatic heterocycles. The van der Waals surface area contributed by atoms with Crippen LogP contribution in [0.5, 0.6) is 0 Å². The van der Waals surface area contributed by atoms with E-state index in [9.17, 15) is 4.79 Å². The SMILES string of the molecule is O=C(O)c1cnc(Sc2nnc(-c3cccs3)n2-c2ccccc2)s1. The van der Waals surface area contributed by atoms with Gasteiger partial charge in [-0.2, -0.15) is 0 Å². The number of thiophene rings is 1. The summed E-state index contributed by atoms with van der Waals surface area (Å²) >= 11 is 4.01. The van der Waals surface area contributed by atoms with E-state index < -0.39 is 5.97 Å². The van der Waals surface area contributed by atoms with E-state index in [1.54, 1.807) is 11.3 Å². The predicted molar refractivity (Wildman–Crippen MR) is 97.9 cm³/mol. The zero-order valence-electron chi connectivity index (χ0n) is 12.6. The van der Waals surface area contributed by atoms with Gasteiger partial charge < -0.3 is 5.11 Å². The Hall–Kier alpha value is -2.49. The molecule has 6 nitrogen and oxygen atoms in total. The van der Waals surface area contributed by atoms with Gasteiger partial charge in [0.25, 0.3) is 0 Å². The molecule has 0 saturated heterocycles. The van der Waals surface area contributed by atoms with Crippen LogP contribution in [0.1, 0.15) is 9.67 Å². The molecule has 0 spiro atoms. The number of nitrogens with zero attached hydrogens (tertiary/aromatic N) is 4. The maximum Gasteiger partial charge on any atom is 0.347 e. The summed E-state index contributed by atoms with van der Waals surface area (Å²) in [6.45, 7) is 0. The molecule has 0 fully saturated rings. The molecule has 9 heteroatoms. The van der Waals surface area contributed by atoms with Gasteiger partial charge in [0.15, 0.2) is 10.2 Å². The number of para-hydroxylation sites is 1. The fourth-order valence-corrected chi connectivity index (χ4v) is 4.66. The quantitative estimate of drug-likeness (QED) is 0.551. The number of aromatic carboxylic acids is 1. The van der Waals surface area contributed by atoms with Crippen LogP contribution in [-0.4, -0.2) is 30.8 Å². The van der Waals surface area contributed by atoms with Crippen molar-refractivity contribution >= 4 is 40.4 Å². The average Bonchev–Trinajstić information content (AvgIpc) is 3.36. The van der Waals surface area contributed by atoms with Crippen molar-refractivity contribution < 1.29 is 9.90 Å². The highest BCUT2D eigenvalue weighted by Crippen LogP contribution is 2.35. The van der Waals surface area contributed by atoms with E-state index in [0.29, 0.717) is 9.50 Å². The summed E-state index contributed by atoms with van der Waals surface area (Å²) in [7, 11) is 0. The lowest BCUT2D eigenvalue weighted by molar-refractivity contribution is 0.0702. The zero-order valence-corrected chi connectivity index (χ0v) is 15.0. The highest BCUT2D eigenvalue weighted by molar-refractivity contribution is 8.00. The Balaban J connectivity index is 1.78. The van der Waals surface area contributed by atoms with Crippen LogP contribution in [-0.2, 0) is 0 Å². The molecule has 4 aromatic rings. The molecule has 124 valence electrons. The maximum atomic E-state index is 11.0. The minimum absolute atomic E-state index is 0.201. The van der Waals surface area contributed by atoms with Crippen molar-refractivity contribution in [3.8, 4) is 16.4 Å². The molecule has 0 unspecified atom stereocenters. The number of aromatic nitrogens is 4. The number of hydrogen-bond donors (Lipinski definition) is 1. The number of benzene rings is 1. The predicted octanol–water partition coefficient (Wildman–Crippen LogP) is 4.30. The van der Waals surface area contributed by atoms with Crippen LogP contribution in [0.15, 0.2) is 63.5 Å². The largest absolute Gasteiger partial charge is 0.477 e. The van der Waals surface area contributed by atoms with Gasteiger partial charge in [0, 0.05) is 5.69 Å². The Bertz CT molecular complexity index is 1010. The molecule has 0 aliphatic carbocycles. The molecular weight excluding hydrogens is 376 g/mol. The van der Waals surface area contributed by atoms with Crippen molar-refractivity contribution in [3.63, 3.8) is 0 Å². The fraction of sp³-hybridized carbons (Fsp3) is 0. The van der Waals surface area contributed by atoms with Crippen LogP contribution in [0, 0.1) is 0 Å². The third-order valence-electron chi connectivity index (χ3n) is 3.26. The van der Waals surface area contributed by atoms with Gasteiger partial charge in [-0.05, 0) is 35.3 Å². The molecule has 0 amide bonds. The van der Waals surface area contributed by atoms with Crippen molar-refractivity contribution in [1.82, 2.24) is 19.7 Å². The van der Waals surface area contributed by atoms with Crippen molar-refractivity contribution in [2.75, 3.05) is 0 Å². The lowest BCUT2D eigenvalue weighted by Gasteiger charge is -2.08. The first kappa shape index (κ1) is 16.0. The van der Waals surface area contributed by atoms with Crippen LogP contribution in [0.2, 0.25) is 0 Å². The molecule has 1 N–H and O–H groups in total. The summed E-state index contributed by atoms with van der Waals surface area (Å²) in [6, 6.07) is 13.8. The van der Waals surface area contributed by atoms with E-state index in [1.807, 2.05) is 52.4 Å². The summed E-state index contributed by atoms with van der Waals surface area (Å²) in [5, 5.41) is 20.3. The van der Waals surface area contributed by atoms with E-state index in [2.05, 4.69) is 15.2 Å². The van der Waals surface area contributed by atoms with E-state index in [4.69, 9.17) is 5.11 Å². The molecule has 1 aromatic carbocycles. The van der Waals surface area contributed by atoms with Crippen LogP contribution in [0.4, 0.5) is 0 Å². The highest BCUT2D eigenvalue weighted by Gasteiger charge is 2.19. The second-order valence-corrected chi connectivity index (χ2v) is 8.04. The first-order valence-corrected chi connectivity index (χ1v) is 9.65. The van der Waals surface area contributed by atoms with E-state index in [-0.39, 0.29) is 4.88 Å². The Morgan fingerprint density at radius 1 is 1.12 bits per heavy atom. The van der Waals surface area contributed by atoms with E-state index in [1.165, 1.54) is 18.0 Å². The number of rotatable bonds is 5. The second-order valence-electron chi connectivity index (χ2n) is 4.85. The van der Waals surface area contributed by atoms with Gasteiger partial charge >= 0.3 is 5.97 Å². The second kappa shape index (κ2) is 6.79. The molecule has 0 atom stereocenters. The molecular formula is C16H10N4O2S3. The van der Waals surface area contributed by atoms with Crippen LogP contribution in [0.25, 0.3) is 16.4 Å². The molecule has 0 aliphatic heterocycles. The van der Waals surface area contributed by atoms with Gasteiger partial charge in [0.1, 0.15) is 4.88 Å². The van der Waals surface area contributed by atoms with Crippen molar-refractivity contribution in [2.45, 2.75) is 9.50 Å². The molecule has 3 heterocycles. The zero-order chi connectivity index (χ0) is 17.2. The molecule has 4 rings (SSSR count). The lowest BCUT2D eigenvalue weighted by Crippen LogP contribution is -1.98. The third-order valence-corrected chi connectivity index (χ3v) is 6.14. The van der Waals surface area contributed by atoms with Crippen molar-refractivity contribution in [3.05, 3.63) is 58.9 Å². The van der Waals surface area contributed by atoms with Crippen molar-refractivity contribution in [2.24, 2.45) is 0 Å². The number of carbonyl (C=O) groups is 1. The number of hydrogen-bond acceptors (Lipinski definition) is 7. The maximum absolute atomic E-state index is 11.0.